The number of furan rings is 2. The summed E-state index contributed by atoms with van der Waals surface area (Å²) in [6.07, 6.45) is 0. The van der Waals surface area contributed by atoms with Crippen LogP contribution in [0.5, 0.6) is 0 Å². The number of nitrogens with zero attached hydrogens (tertiary/aromatic N) is 1. The summed E-state index contributed by atoms with van der Waals surface area (Å²) < 4.78 is 12.9. The van der Waals surface area contributed by atoms with Crippen LogP contribution < -0.4 is 4.90 Å². The summed E-state index contributed by atoms with van der Waals surface area (Å²) in [5.74, 6) is 0. The zero-order chi connectivity index (χ0) is 32.3. The molecule has 0 aliphatic rings. The summed E-state index contributed by atoms with van der Waals surface area (Å²) in [5, 5.41) is 6.87. The van der Waals surface area contributed by atoms with Crippen molar-refractivity contribution in [2.45, 2.75) is 0 Å². The molecule has 0 atom stereocenters. The smallest absolute Gasteiger partial charge is 0.160 e. The van der Waals surface area contributed by atoms with Crippen molar-refractivity contribution in [1.29, 1.82) is 0 Å². The molecule has 230 valence electrons. The van der Waals surface area contributed by atoms with Gasteiger partial charge in [0.25, 0.3) is 0 Å². The fraction of sp³-hybridized carbons (Fsp3) is 0. The summed E-state index contributed by atoms with van der Waals surface area (Å²) in [6, 6.07) is 62.0. The Morgan fingerprint density at radius 2 is 1.02 bits per heavy atom. The van der Waals surface area contributed by atoms with E-state index in [1.54, 1.807) is 0 Å². The molecule has 0 aliphatic heterocycles. The summed E-state index contributed by atoms with van der Waals surface area (Å²) in [6.45, 7) is 0. The van der Waals surface area contributed by atoms with Crippen LogP contribution in [-0.4, -0.2) is 0 Å². The van der Waals surface area contributed by atoms with Crippen molar-refractivity contribution in [3.8, 4) is 22.3 Å². The van der Waals surface area contributed by atoms with Crippen LogP contribution in [0.1, 0.15) is 0 Å². The zero-order valence-electron chi connectivity index (χ0n) is 26.5. The van der Waals surface area contributed by atoms with Crippen molar-refractivity contribution in [2.24, 2.45) is 0 Å². The van der Waals surface area contributed by atoms with Gasteiger partial charge < -0.3 is 13.7 Å². The van der Waals surface area contributed by atoms with Crippen molar-refractivity contribution in [3.63, 3.8) is 0 Å². The quantitative estimate of drug-likeness (QED) is 0.190. The van der Waals surface area contributed by atoms with Crippen molar-refractivity contribution >= 4 is 71.7 Å². The van der Waals surface area contributed by atoms with E-state index in [9.17, 15) is 0 Å². The van der Waals surface area contributed by atoms with Crippen LogP contribution in [0.4, 0.5) is 17.1 Å². The van der Waals surface area contributed by atoms with Gasteiger partial charge in [-0.25, -0.2) is 0 Å². The Morgan fingerprint density at radius 3 is 1.86 bits per heavy atom. The normalized spacial score (nSPS) is 11.7. The summed E-state index contributed by atoms with van der Waals surface area (Å²) in [5.41, 5.74) is 11.2. The van der Waals surface area contributed by atoms with Crippen LogP contribution in [0.25, 0.3) is 76.9 Å². The second-order valence-electron chi connectivity index (χ2n) is 12.5. The molecule has 49 heavy (non-hydrogen) atoms. The van der Waals surface area contributed by atoms with E-state index in [-0.39, 0.29) is 0 Å². The van der Waals surface area contributed by atoms with Crippen LogP contribution in [0, 0.1) is 0 Å². The number of hydrogen-bond donors (Lipinski definition) is 0. The highest BCUT2D eigenvalue weighted by atomic mass is 16.3. The molecule has 0 saturated carbocycles. The van der Waals surface area contributed by atoms with Gasteiger partial charge in [-0.15, -0.1) is 0 Å². The third-order valence-electron chi connectivity index (χ3n) is 9.66. The van der Waals surface area contributed by atoms with Gasteiger partial charge >= 0.3 is 0 Å². The fourth-order valence-electron chi connectivity index (χ4n) is 7.30. The Labute approximate surface area is 282 Å². The minimum Gasteiger partial charge on any atom is -0.456 e. The topological polar surface area (TPSA) is 29.5 Å². The number of benzene rings is 8. The van der Waals surface area contributed by atoms with E-state index < -0.39 is 0 Å². The van der Waals surface area contributed by atoms with Crippen molar-refractivity contribution in [3.05, 3.63) is 176 Å². The number of anilines is 3. The maximum atomic E-state index is 6.77. The fourth-order valence-corrected chi connectivity index (χ4v) is 7.30. The summed E-state index contributed by atoms with van der Waals surface area (Å²) >= 11 is 0. The number of rotatable bonds is 5. The first-order valence-corrected chi connectivity index (χ1v) is 16.6. The molecule has 0 N–H and O–H groups in total. The molecular formula is C46H29NO2. The molecular weight excluding hydrogens is 599 g/mol. The third-order valence-corrected chi connectivity index (χ3v) is 9.66. The van der Waals surface area contributed by atoms with Crippen LogP contribution in [0.3, 0.4) is 0 Å². The molecule has 8 aromatic carbocycles. The largest absolute Gasteiger partial charge is 0.456 e. The highest BCUT2D eigenvalue weighted by molar-refractivity contribution is 6.17. The van der Waals surface area contributed by atoms with E-state index in [4.69, 9.17) is 8.83 Å². The summed E-state index contributed by atoms with van der Waals surface area (Å²) in [7, 11) is 0. The molecule has 0 radical (unpaired) electrons. The zero-order valence-corrected chi connectivity index (χ0v) is 26.5. The first kappa shape index (κ1) is 27.5. The van der Waals surface area contributed by atoms with Crippen LogP contribution in [0.15, 0.2) is 185 Å². The molecule has 0 bridgehead atoms. The highest BCUT2D eigenvalue weighted by Crippen LogP contribution is 2.46. The molecule has 0 spiro atoms. The molecule has 0 amide bonds. The van der Waals surface area contributed by atoms with Gasteiger partial charge in [-0.1, -0.05) is 121 Å². The minimum atomic E-state index is 0.858. The Morgan fingerprint density at radius 1 is 0.367 bits per heavy atom. The number of para-hydroxylation sites is 2. The van der Waals surface area contributed by atoms with Gasteiger partial charge in [-0.05, 0) is 87.6 Å². The molecule has 3 heteroatoms. The van der Waals surface area contributed by atoms with Crippen LogP contribution in [0.2, 0.25) is 0 Å². The van der Waals surface area contributed by atoms with E-state index in [1.165, 1.54) is 10.8 Å². The Bertz CT molecular complexity index is 2830. The molecule has 0 unspecified atom stereocenters. The SMILES string of the molecule is c1ccc(-c2ccc(N(c3ccc(-c4ccc5oc6ccccc6c5c4)cc3)c3ccc4ccccc4c3)c3oc4ccccc4c23)cc1. The second-order valence-corrected chi connectivity index (χ2v) is 12.5. The third kappa shape index (κ3) is 4.51. The van der Waals surface area contributed by atoms with Gasteiger partial charge in [-0.2, -0.15) is 0 Å². The van der Waals surface area contributed by atoms with Gasteiger partial charge in [0.1, 0.15) is 16.7 Å². The monoisotopic (exact) mass is 627 g/mol. The van der Waals surface area contributed by atoms with E-state index in [1.807, 2.05) is 18.2 Å². The number of hydrogen-bond acceptors (Lipinski definition) is 3. The van der Waals surface area contributed by atoms with Gasteiger partial charge in [0, 0.05) is 32.9 Å². The molecule has 0 saturated heterocycles. The Hall–Kier alpha value is -6.58. The van der Waals surface area contributed by atoms with Crippen molar-refractivity contribution < 1.29 is 8.83 Å². The predicted octanol–water partition coefficient (Wildman–Crippen LogP) is 13.4. The Balaban J connectivity index is 1.17. The van der Waals surface area contributed by atoms with Crippen molar-refractivity contribution in [2.75, 3.05) is 4.90 Å². The standard InChI is InChI=1S/C46H29NO2/c1-2-11-32(12-3-1)37-25-26-41(46-45(37)39-15-7-9-17-43(39)49-46)47(36-24-20-30-10-4-5-13-33(30)28-36)35-22-18-31(19-23-35)34-21-27-44-40(29-34)38-14-6-8-16-42(38)48-44/h1-29H. The van der Waals surface area contributed by atoms with Gasteiger partial charge in [0.2, 0.25) is 0 Å². The average Bonchev–Trinajstić information content (AvgIpc) is 3.74. The molecule has 0 fully saturated rings. The van der Waals surface area contributed by atoms with E-state index in [0.717, 1.165) is 83.2 Å². The lowest BCUT2D eigenvalue weighted by molar-refractivity contribution is 0.668. The van der Waals surface area contributed by atoms with E-state index in [0.29, 0.717) is 0 Å². The lowest BCUT2D eigenvalue weighted by atomic mass is 9.98. The van der Waals surface area contributed by atoms with Gasteiger partial charge in [-0.3, -0.25) is 0 Å². The molecule has 10 rings (SSSR count). The second kappa shape index (κ2) is 11.0. The van der Waals surface area contributed by atoms with E-state index in [2.05, 4.69) is 163 Å². The van der Waals surface area contributed by atoms with Crippen molar-refractivity contribution in [1.82, 2.24) is 0 Å². The van der Waals surface area contributed by atoms with Gasteiger partial charge in [0.15, 0.2) is 5.58 Å². The lowest BCUT2D eigenvalue weighted by Gasteiger charge is -2.26. The lowest BCUT2D eigenvalue weighted by Crippen LogP contribution is -2.10. The highest BCUT2D eigenvalue weighted by Gasteiger charge is 2.22. The predicted molar refractivity (Wildman–Crippen MR) is 204 cm³/mol. The van der Waals surface area contributed by atoms with E-state index >= 15 is 0 Å². The summed E-state index contributed by atoms with van der Waals surface area (Å²) in [4.78, 5) is 2.32. The first-order valence-electron chi connectivity index (χ1n) is 16.6. The maximum absolute atomic E-state index is 6.77. The molecule has 2 aromatic heterocycles. The average molecular weight is 628 g/mol. The molecule has 10 aromatic rings. The Kier molecular flexibility index (Phi) is 6.18. The van der Waals surface area contributed by atoms with Gasteiger partial charge in [0.05, 0.1) is 5.69 Å². The maximum Gasteiger partial charge on any atom is 0.160 e. The first-order chi connectivity index (χ1) is 24.3. The number of fused-ring (bicyclic) bond motifs is 7. The van der Waals surface area contributed by atoms with Crippen LogP contribution >= 0.6 is 0 Å². The molecule has 2 heterocycles. The van der Waals surface area contributed by atoms with Crippen LogP contribution in [-0.2, 0) is 0 Å². The molecule has 3 nitrogen and oxygen atoms in total. The minimum absolute atomic E-state index is 0.858. The molecule has 0 aliphatic carbocycles.